The van der Waals surface area contributed by atoms with Crippen LogP contribution in [0.15, 0.2) is 66.7 Å². The first-order valence-corrected chi connectivity index (χ1v) is 9.00. The molecule has 0 radical (unpaired) electrons. The van der Waals surface area contributed by atoms with E-state index in [0.29, 0.717) is 6.61 Å². The van der Waals surface area contributed by atoms with Crippen LogP contribution in [0.25, 0.3) is 0 Å². The van der Waals surface area contributed by atoms with Crippen molar-refractivity contribution in [3.8, 4) is 23.0 Å². The van der Waals surface area contributed by atoms with Gasteiger partial charge in [-0.1, -0.05) is 42.5 Å². The molecule has 0 saturated carbocycles. The summed E-state index contributed by atoms with van der Waals surface area (Å²) < 4.78 is 11.4. The van der Waals surface area contributed by atoms with Crippen molar-refractivity contribution in [3.05, 3.63) is 83.4 Å². The molecule has 0 amide bonds. The van der Waals surface area contributed by atoms with E-state index < -0.39 is 0 Å². The standard InChI is InChI=1S/C23H24O4/c1-26-23-15-21(27-16-17-6-3-2-4-7-17)13-11-19(23)9-5-8-18-10-12-20(24)14-22(18)25/h2-4,6-7,10-15,24-25H,5,8-9,16H2,1H3. The molecule has 3 aromatic rings. The van der Waals surface area contributed by atoms with E-state index in [1.807, 2.05) is 48.5 Å². The second-order valence-electron chi connectivity index (χ2n) is 6.41. The number of phenolic OH excluding ortho intramolecular Hbond substituents is 2. The Morgan fingerprint density at radius 2 is 1.56 bits per heavy atom. The number of rotatable bonds is 8. The highest BCUT2D eigenvalue weighted by atomic mass is 16.5. The maximum Gasteiger partial charge on any atom is 0.125 e. The van der Waals surface area contributed by atoms with Crippen molar-refractivity contribution < 1.29 is 19.7 Å². The molecule has 27 heavy (non-hydrogen) atoms. The first-order valence-electron chi connectivity index (χ1n) is 9.00. The summed E-state index contributed by atoms with van der Waals surface area (Å²) in [4.78, 5) is 0. The zero-order valence-corrected chi connectivity index (χ0v) is 15.4. The topological polar surface area (TPSA) is 58.9 Å². The van der Waals surface area contributed by atoms with Crippen LogP contribution >= 0.6 is 0 Å². The minimum Gasteiger partial charge on any atom is -0.508 e. The van der Waals surface area contributed by atoms with Gasteiger partial charge in [0.2, 0.25) is 0 Å². The molecule has 0 unspecified atom stereocenters. The van der Waals surface area contributed by atoms with Crippen molar-refractivity contribution in [2.24, 2.45) is 0 Å². The second kappa shape index (κ2) is 8.99. The molecule has 0 saturated heterocycles. The minimum atomic E-state index is 0.0732. The second-order valence-corrected chi connectivity index (χ2v) is 6.41. The zero-order chi connectivity index (χ0) is 19.1. The van der Waals surface area contributed by atoms with Gasteiger partial charge in [-0.2, -0.15) is 0 Å². The molecule has 140 valence electrons. The van der Waals surface area contributed by atoms with E-state index in [0.717, 1.165) is 47.5 Å². The van der Waals surface area contributed by atoms with Gasteiger partial charge in [-0.25, -0.2) is 0 Å². The largest absolute Gasteiger partial charge is 0.508 e. The number of methoxy groups -OCH3 is 1. The molecule has 3 rings (SSSR count). The van der Waals surface area contributed by atoms with E-state index >= 15 is 0 Å². The smallest absolute Gasteiger partial charge is 0.125 e. The zero-order valence-electron chi connectivity index (χ0n) is 15.4. The third-order valence-corrected chi connectivity index (χ3v) is 4.47. The van der Waals surface area contributed by atoms with Crippen LogP contribution in [0.2, 0.25) is 0 Å². The minimum absolute atomic E-state index is 0.0732. The molecule has 0 spiro atoms. The van der Waals surface area contributed by atoms with Crippen molar-refractivity contribution >= 4 is 0 Å². The molecular weight excluding hydrogens is 340 g/mol. The van der Waals surface area contributed by atoms with Gasteiger partial charge in [-0.15, -0.1) is 0 Å². The third kappa shape index (κ3) is 5.17. The SMILES string of the molecule is COc1cc(OCc2ccccc2)ccc1CCCc1ccc(O)cc1O. The summed E-state index contributed by atoms with van der Waals surface area (Å²) in [7, 11) is 1.66. The molecule has 0 aromatic heterocycles. The number of ether oxygens (including phenoxy) is 2. The van der Waals surface area contributed by atoms with E-state index in [9.17, 15) is 10.2 Å². The van der Waals surface area contributed by atoms with E-state index in [1.165, 1.54) is 6.07 Å². The summed E-state index contributed by atoms with van der Waals surface area (Å²) in [6.45, 7) is 0.517. The summed E-state index contributed by atoms with van der Waals surface area (Å²) in [6, 6.07) is 20.6. The number of aryl methyl sites for hydroxylation is 2. The molecule has 0 aliphatic rings. The summed E-state index contributed by atoms with van der Waals surface area (Å²) in [5.41, 5.74) is 3.05. The average molecular weight is 364 g/mol. The van der Waals surface area contributed by atoms with Gasteiger partial charge in [0, 0.05) is 12.1 Å². The number of benzene rings is 3. The maximum atomic E-state index is 9.88. The quantitative estimate of drug-likeness (QED) is 0.599. The van der Waals surface area contributed by atoms with Crippen LogP contribution in [0.5, 0.6) is 23.0 Å². The molecule has 0 aliphatic heterocycles. The highest BCUT2D eigenvalue weighted by molar-refractivity contribution is 5.42. The molecular formula is C23H24O4. The Labute approximate surface area is 159 Å². The van der Waals surface area contributed by atoms with Crippen LogP contribution < -0.4 is 9.47 Å². The molecule has 2 N–H and O–H groups in total. The lowest BCUT2D eigenvalue weighted by atomic mass is 10.0. The Bertz CT molecular complexity index is 875. The summed E-state index contributed by atoms with van der Waals surface area (Å²) in [5.74, 6) is 1.78. The van der Waals surface area contributed by atoms with E-state index in [4.69, 9.17) is 9.47 Å². The fraction of sp³-hybridized carbons (Fsp3) is 0.217. The first kappa shape index (κ1) is 18.6. The van der Waals surface area contributed by atoms with Gasteiger partial charge >= 0.3 is 0 Å². The lowest BCUT2D eigenvalue weighted by Gasteiger charge is -2.12. The average Bonchev–Trinajstić information content (AvgIpc) is 2.69. The summed E-state index contributed by atoms with van der Waals surface area (Å²) in [6.07, 6.45) is 2.41. The monoisotopic (exact) mass is 364 g/mol. The summed E-state index contributed by atoms with van der Waals surface area (Å²) in [5, 5.41) is 19.2. The highest BCUT2D eigenvalue weighted by Gasteiger charge is 2.08. The fourth-order valence-electron chi connectivity index (χ4n) is 3.00. The lowest BCUT2D eigenvalue weighted by molar-refractivity contribution is 0.303. The summed E-state index contributed by atoms with van der Waals surface area (Å²) >= 11 is 0. The number of aromatic hydroxyl groups is 2. The van der Waals surface area contributed by atoms with Gasteiger partial charge in [0.15, 0.2) is 0 Å². The van der Waals surface area contributed by atoms with Crippen LogP contribution in [0.4, 0.5) is 0 Å². The molecule has 0 aliphatic carbocycles. The first-order chi connectivity index (χ1) is 13.2. The highest BCUT2D eigenvalue weighted by Crippen LogP contribution is 2.28. The van der Waals surface area contributed by atoms with Gasteiger partial charge in [-0.05, 0) is 48.1 Å². The maximum absolute atomic E-state index is 9.88. The Kier molecular flexibility index (Phi) is 6.21. The van der Waals surface area contributed by atoms with Gasteiger partial charge < -0.3 is 19.7 Å². The molecule has 0 fully saturated rings. The Morgan fingerprint density at radius 1 is 0.815 bits per heavy atom. The molecule has 4 heteroatoms. The van der Waals surface area contributed by atoms with Crippen molar-refractivity contribution in [1.82, 2.24) is 0 Å². The van der Waals surface area contributed by atoms with Crippen molar-refractivity contribution in [3.63, 3.8) is 0 Å². The number of hydrogen-bond acceptors (Lipinski definition) is 4. The van der Waals surface area contributed by atoms with Gasteiger partial charge in [0.25, 0.3) is 0 Å². The van der Waals surface area contributed by atoms with Crippen LogP contribution in [0.1, 0.15) is 23.1 Å². The van der Waals surface area contributed by atoms with Gasteiger partial charge in [0.05, 0.1) is 7.11 Å². The molecule has 0 heterocycles. The Balaban J connectivity index is 1.58. The van der Waals surface area contributed by atoms with E-state index in [-0.39, 0.29) is 11.5 Å². The third-order valence-electron chi connectivity index (χ3n) is 4.47. The fourth-order valence-corrected chi connectivity index (χ4v) is 3.00. The van der Waals surface area contributed by atoms with Gasteiger partial charge in [-0.3, -0.25) is 0 Å². The normalized spacial score (nSPS) is 10.6. The van der Waals surface area contributed by atoms with Crippen LogP contribution in [0, 0.1) is 0 Å². The molecule has 0 atom stereocenters. The molecule has 4 nitrogen and oxygen atoms in total. The Morgan fingerprint density at radius 3 is 2.30 bits per heavy atom. The van der Waals surface area contributed by atoms with E-state index in [1.54, 1.807) is 19.2 Å². The predicted octanol–water partition coefficient (Wildman–Crippen LogP) is 4.86. The van der Waals surface area contributed by atoms with Crippen LogP contribution in [-0.2, 0) is 19.4 Å². The van der Waals surface area contributed by atoms with Crippen LogP contribution in [-0.4, -0.2) is 17.3 Å². The van der Waals surface area contributed by atoms with Crippen molar-refractivity contribution in [2.75, 3.05) is 7.11 Å². The van der Waals surface area contributed by atoms with E-state index in [2.05, 4.69) is 0 Å². The lowest BCUT2D eigenvalue weighted by Crippen LogP contribution is -1.98. The Hall–Kier alpha value is -3.14. The number of hydrogen-bond donors (Lipinski definition) is 2. The number of phenols is 2. The molecule has 3 aromatic carbocycles. The molecule has 0 bridgehead atoms. The van der Waals surface area contributed by atoms with Crippen molar-refractivity contribution in [1.29, 1.82) is 0 Å². The predicted molar refractivity (Wildman–Crippen MR) is 106 cm³/mol. The van der Waals surface area contributed by atoms with Crippen molar-refractivity contribution in [2.45, 2.75) is 25.9 Å². The van der Waals surface area contributed by atoms with Crippen LogP contribution in [0.3, 0.4) is 0 Å². The van der Waals surface area contributed by atoms with Gasteiger partial charge in [0.1, 0.15) is 29.6 Å².